The number of rotatable bonds is 4. The zero-order chi connectivity index (χ0) is 13.8. The summed E-state index contributed by atoms with van der Waals surface area (Å²) in [6, 6.07) is 5.49. The van der Waals surface area contributed by atoms with Crippen molar-refractivity contribution in [1.82, 2.24) is 14.9 Å². The molecule has 1 atom stereocenters. The van der Waals surface area contributed by atoms with E-state index in [1.165, 1.54) is 6.20 Å². The molecule has 7 nitrogen and oxygen atoms in total. The van der Waals surface area contributed by atoms with Crippen LogP contribution in [0.15, 0.2) is 35.7 Å². The summed E-state index contributed by atoms with van der Waals surface area (Å²) in [6.45, 7) is 2.05. The van der Waals surface area contributed by atoms with Crippen LogP contribution in [0.3, 0.4) is 0 Å². The maximum Gasteiger partial charge on any atom is 0.255 e. The van der Waals surface area contributed by atoms with Crippen LogP contribution in [-0.2, 0) is 0 Å². The molecule has 0 fully saturated rings. The Morgan fingerprint density at radius 1 is 1.63 bits per heavy atom. The minimum absolute atomic E-state index is 0.0835. The third-order valence-corrected chi connectivity index (χ3v) is 2.86. The number of fused-ring (bicyclic) bond motifs is 1. The van der Waals surface area contributed by atoms with Gasteiger partial charge in [0.1, 0.15) is 5.84 Å². The van der Waals surface area contributed by atoms with Crippen molar-refractivity contribution in [2.24, 2.45) is 16.8 Å². The van der Waals surface area contributed by atoms with Crippen molar-refractivity contribution in [3.8, 4) is 0 Å². The van der Waals surface area contributed by atoms with Crippen molar-refractivity contribution in [3.63, 3.8) is 0 Å². The molecule has 0 aliphatic rings. The van der Waals surface area contributed by atoms with Crippen LogP contribution in [0, 0.1) is 5.92 Å². The van der Waals surface area contributed by atoms with E-state index in [4.69, 9.17) is 10.9 Å². The van der Waals surface area contributed by atoms with Gasteiger partial charge in [0.15, 0.2) is 0 Å². The van der Waals surface area contributed by atoms with Crippen molar-refractivity contribution >= 4 is 17.3 Å². The molecule has 100 valence electrons. The van der Waals surface area contributed by atoms with Gasteiger partial charge in [-0.25, -0.2) is 4.52 Å². The van der Waals surface area contributed by atoms with Gasteiger partial charge in [-0.05, 0) is 12.1 Å². The molecule has 0 aliphatic heterocycles. The summed E-state index contributed by atoms with van der Waals surface area (Å²) in [7, 11) is 0. The van der Waals surface area contributed by atoms with Gasteiger partial charge in [-0.1, -0.05) is 18.1 Å². The Kier molecular flexibility index (Phi) is 3.65. The highest BCUT2D eigenvalue weighted by atomic mass is 16.4. The van der Waals surface area contributed by atoms with E-state index in [-0.39, 0.29) is 17.7 Å². The van der Waals surface area contributed by atoms with Crippen LogP contribution in [0.4, 0.5) is 0 Å². The van der Waals surface area contributed by atoms with Crippen molar-refractivity contribution in [3.05, 3.63) is 36.2 Å². The zero-order valence-corrected chi connectivity index (χ0v) is 10.4. The summed E-state index contributed by atoms with van der Waals surface area (Å²) in [5.74, 6) is -0.394. The van der Waals surface area contributed by atoms with E-state index < -0.39 is 0 Å². The number of nitrogens with zero attached hydrogens (tertiary/aromatic N) is 3. The molecule has 2 aromatic heterocycles. The molecule has 1 unspecified atom stereocenters. The van der Waals surface area contributed by atoms with Gasteiger partial charge in [0.05, 0.1) is 17.3 Å². The number of oxime groups is 1. The van der Waals surface area contributed by atoms with Gasteiger partial charge in [-0.3, -0.25) is 4.79 Å². The minimum atomic E-state index is -0.240. The van der Waals surface area contributed by atoms with E-state index in [9.17, 15) is 4.79 Å². The number of hydrogen-bond acceptors (Lipinski definition) is 4. The molecule has 7 heteroatoms. The summed E-state index contributed by atoms with van der Waals surface area (Å²) >= 11 is 0. The lowest BCUT2D eigenvalue weighted by atomic mass is 10.1. The quantitative estimate of drug-likeness (QED) is 0.321. The normalized spacial score (nSPS) is 13.4. The van der Waals surface area contributed by atoms with E-state index in [0.717, 1.165) is 5.52 Å². The molecule has 0 radical (unpaired) electrons. The van der Waals surface area contributed by atoms with Crippen LogP contribution in [0.25, 0.3) is 5.52 Å². The van der Waals surface area contributed by atoms with E-state index in [1.54, 1.807) is 17.6 Å². The van der Waals surface area contributed by atoms with Crippen LogP contribution >= 0.6 is 0 Å². The summed E-state index contributed by atoms with van der Waals surface area (Å²) in [5.41, 5.74) is 6.67. The fourth-order valence-electron chi connectivity index (χ4n) is 1.65. The SMILES string of the molecule is CC(CNC(=O)c1cnn2ccccc12)/C(N)=N/O. The first kappa shape index (κ1) is 12.9. The third-order valence-electron chi connectivity index (χ3n) is 2.86. The first-order valence-corrected chi connectivity index (χ1v) is 5.81. The highest BCUT2D eigenvalue weighted by Gasteiger charge is 2.14. The molecule has 0 saturated carbocycles. The van der Waals surface area contributed by atoms with Crippen LogP contribution in [0.2, 0.25) is 0 Å². The summed E-state index contributed by atoms with van der Waals surface area (Å²) in [4.78, 5) is 12.0. The number of hydrogen-bond donors (Lipinski definition) is 3. The topological polar surface area (TPSA) is 105 Å². The Labute approximate surface area is 109 Å². The van der Waals surface area contributed by atoms with Crippen LogP contribution in [-0.4, -0.2) is 33.1 Å². The lowest BCUT2D eigenvalue weighted by Crippen LogP contribution is -2.34. The molecule has 2 rings (SSSR count). The Balaban J connectivity index is 2.08. The van der Waals surface area contributed by atoms with Crippen molar-refractivity contribution in [2.45, 2.75) is 6.92 Å². The second-order valence-corrected chi connectivity index (χ2v) is 4.22. The number of pyridine rings is 1. The van der Waals surface area contributed by atoms with Gasteiger partial charge in [0, 0.05) is 18.7 Å². The Morgan fingerprint density at radius 2 is 2.42 bits per heavy atom. The summed E-state index contributed by atoms with van der Waals surface area (Å²) in [5, 5.41) is 18.3. The number of aromatic nitrogens is 2. The number of carbonyl (C=O) groups is 1. The molecule has 2 aromatic rings. The highest BCUT2D eigenvalue weighted by Crippen LogP contribution is 2.09. The Hall–Kier alpha value is -2.57. The highest BCUT2D eigenvalue weighted by molar-refractivity contribution is 6.00. The first-order valence-electron chi connectivity index (χ1n) is 5.81. The second kappa shape index (κ2) is 5.38. The zero-order valence-electron chi connectivity index (χ0n) is 10.4. The molecule has 0 bridgehead atoms. The molecule has 0 aliphatic carbocycles. The molecule has 1 amide bonds. The number of amidine groups is 1. The van der Waals surface area contributed by atoms with Crippen molar-refractivity contribution < 1.29 is 10.0 Å². The molecular weight excluding hydrogens is 246 g/mol. The first-order chi connectivity index (χ1) is 9.13. The van der Waals surface area contributed by atoms with Crippen LogP contribution in [0.1, 0.15) is 17.3 Å². The maximum atomic E-state index is 12.0. The molecule has 0 aromatic carbocycles. The molecule has 19 heavy (non-hydrogen) atoms. The van der Waals surface area contributed by atoms with Gasteiger partial charge in [-0.15, -0.1) is 0 Å². The Bertz CT molecular complexity index is 619. The van der Waals surface area contributed by atoms with Crippen molar-refractivity contribution in [1.29, 1.82) is 0 Å². The predicted molar refractivity (Wildman–Crippen MR) is 70.1 cm³/mol. The summed E-state index contributed by atoms with van der Waals surface area (Å²) < 4.78 is 1.63. The smallest absolute Gasteiger partial charge is 0.255 e. The Morgan fingerprint density at radius 3 is 3.16 bits per heavy atom. The van der Waals surface area contributed by atoms with E-state index in [0.29, 0.717) is 12.1 Å². The maximum absolute atomic E-state index is 12.0. The standard InChI is InChI=1S/C12H15N5O2/c1-8(11(13)16-19)6-14-12(18)9-7-15-17-5-3-2-4-10(9)17/h2-5,7-8,19H,6H2,1H3,(H2,13,16)(H,14,18). The van der Waals surface area contributed by atoms with Crippen molar-refractivity contribution in [2.75, 3.05) is 6.54 Å². The monoisotopic (exact) mass is 261 g/mol. The van der Waals surface area contributed by atoms with Crippen LogP contribution in [0.5, 0.6) is 0 Å². The fraction of sp³-hybridized carbons (Fsp3) is 0.250. The minimum Gasteiger partial charge on any atom is -0.409 e. The molecule has 2 heterocycles. The molecule has 4 N–H and O–H groups in total. The average Bonchev–Trinajstić information content (AvgIpc) is 2.87. The van der Waals surface area contributed by atoms with Gasteiger partial charge in [0.2, 0.25) is 0 Å². The predicted octanol–water partition coefficient (Wildman–Crippen LogP) is 0.447. The fourth-order valence-corrected chi connectivity index (χ4v) is 1.65. The molecule has 0 spiro atoms. The van der Waals surface area contributed by atoms with E-state index >= 15 is 0 Å². The van der Waals surface area contributed by atoms with Gasteiger partial charge >= 0.3 is 0 Å². The van der Waals surface area contributed by atoms with Gasteiger partial charge in [-0.2, -0.15) is 5.10 Å². The van der Waals surface area contributed by atoms with Gasteiger partial charge in [0.25, 0.3) is 5.91 Å². The van der Waals surface area contributed by atoms with Crippen LogP contribution < -0.4 is 11.1 Å². The number of amides is 1. The largest absolute Gasteiger partial charge is 0.409 e. The third kappa shape index (κ3) is 2.65. The lowest BCUT2D eigenvalue weighted by molar-refractivity contribution is 0.0952. The van der Waals surface area contributed by atoms with Gasteiger partial charge < -0.3 is 16.3 Å². The molecular formula is C12H15N5O2. The molecule has 0 saturated heterocycles. The summed E-state index contributed by atoms with van der Waals surface area (Å²) in [6.07, 6.45) is 3.28. The lowest BCUT2D eigenvalue weighted by Gasteiger charge is -2.10. The van der Waals surface area contributed by atoms with E-state index in [1.807, 2.05) is 18.2 Å². The number of nitrogens with one attached hydrogen (secondary N) is 1. The number of nitrogens with two attached hydrogens (primary N) is 1. The average molecular weight is 261 g/mol. The second-order valence-electron chi connectivity index (χ2n) is 4.22. The number of carbonyl (C=O) groups excluding carboxylic acids is 1. The van der Waals surface area contributed by atoms with E-state index in [2.05, 4.69) is 15.6 Å².